The minimum Gasteiger partial charge on any atom is -0.397 e. The number of nitrogens with one attached hydrogen (secondary N) is 3. The SMILES string of the molecule is Cc1cncc(C(=O)NCNC23CCCC24c2ccc(N)c(NO)c2CN4CC3)c1. The molecule has 2 fully saturated rings. The van der Waals surface area contributed by atoms with Crippen LogP contribution in [-0.2, 0) is 12.1 Å². The summed E-state index contributed by atoms with van der Waals surface area (Å²) in [5.41, 5.74) is 13.2. The van der Waals surface area contributed by atoms with Gasteiger partial charge in [-0.15, -0.1) is 0 Å². The molecule has 6 N–H and O–H groups in total. The van der Waals surface area contributed by atoms with E-state index >= 15 is 0 Å². The monoisotopic (exact) mass is 408 g/mol. The molecule has 8 nitrogen and oxygen atoms in total. The van der Waals surface area contributed by atoms with Gasteiger partial charge < -0.3 is 11.1 Å². The van der Waals surface area contributed by atoms with E-state index in [2.05, 4.69) is 32.1 Å². The summed E-state index contributed by atoms with van der Waals surface area (Å²) in [6.07, 6.45) is 7.58. The van der Waals surface area contributed by atoms with E-state index in [4.69, 9.17) is 5.73 Å². The van der Waals surface area contributed by atoms with Crippen molar-refractivity contribution in [3.8, 4) is 0 Å². The van der Waals surface area contributed by atoms with Gasteiger partial charge in [-0.05, 0) is 61.4 Å². The third-order valence-electron chi connectivity index (χ3n) is 7.35. The molecule has 3 heterocycles. The van der Waals surface area contributed by atoms with Gasteiger partial charge in [-0.2, -0.15) is 0 Å². The van der Waals surface area contributed by atoms with Gasteiger partial charge in [0.25, 0.3) is 5.91 Å². The van der Waals surface area contributed by atoms with Crippen molar-refractivity contribution in [3.05, 3.63) is 52.8 Å². The molecule has 2 aliphatic heterocycles. The number of hydrogen-bond acceptors (Lipinski definition) is 7. The van der Waals surface area contributed by atoms with E-state index in [1.807, 2.05) is 19.1 Å². The van der Waals surface area contributed by atoms with Crippen molar-refractivity contribution in [3.63, 3.8) is 0 Å². The van der Waals surface area contributed by atoms with Crippen molar-refractivity contribution in [1.82, 2.24) is 20.5 Å². The molecule has 1 aromatic heterocycles. The molecule has 158 valence electrons. The summed E-state index contributed by atoms with van der Waals surface area (Å²) in [7, 11) is 0. The number of aryl methyl sites for hydroxylation is 1. The van der Waals surface area contributed by atoms with E-state index in [0.29, 0.717) is 23.6 Å². The number of aromatic nitrogens is 1. The van der Waals surface area contributed by atoms with Gasteiger partial charge in [0.15, 0.2) is 0 Å². The Morgan fingerprint density at radius 3 is 2.97 bits per heavy atom. The number of anilines is 2. The number of carbonyl (C=O) groups is 1. The number of rotatable bonds is 5. The zero-order chi connectivity index (χ0) is 20.9. The fourth-order valence-electron chi connectivity index (χ4n) is 6.12. The minimum absolute atomic E-state index is 0.112. The van der Waals surface area contributed by atoms with Crippen LogP contribution in [0.4, 0.5) is 11.4 Å². The van der Waals surface area contributed by atoms with E-state index in [1.165, 1.54) is 5.56 Å². The molecule has 30 heavy (non-hydrogen) atoms. The Labute approximate surface area is 175 Å². The summed E-state index contributed by atoms with van der Waals surface area (Å²) in [5.74, 6) is -0.122. The molecule has 0 bridgehead atoms. The van der Waals surface area contributed by atoms with E-state index < -0.39 is 0 Å². The first-order chi connectivity index (χ1) is 14.5. The largest absolute Gasteiger partial charge is 0.397 e. The Balaban J connectivity index is 1.40. The fourth-order valence-corrected chi connectivity index (χ4v) is 6.12. The quantitative estimate of drug-likeness (QED) is 0.292. The summed E-state index contributed by atoms with van der Waals surface area (Å²) in [4.78, 5) is 19.2. The van der Waals surface area contributed by atoms with Crippen molar-refractivity contribution in [2.75, 3.05) is 24.4 Å². The van der Waals surface area contributed by atoms with E-state index in [1.54, 1.807) is 12.4 Å². The molecule has 0 radical (unpaired) electrons. The van der Waals surface area contributed by atoms with E-state index in [9.17, 15) is 10.0 Å². The van der Waals surface area contributed by atoms with Crippen LogP contribution < -0.4 is 21.8 Å². The van der Waals surface area contributed by atoms with Crippen molar-refractivity contribution in [2.45, 2.75) is 50.2 Å². The molecule has 1 aliphatic carbocycles. The van der Waals surface area contributed by atoms with Crippen LogP contribution in [0.5, 0.6) is 0 Å². The smallest absolute Gasteiger partial charge is 0.253 e. The molecule has 1 saturated heterocycles. The van der Waals surface area contributed by atoms with Gasteiger partial charge in [-0.1, -0.05) is 6.07 Å². The number of nitrogens with two attached hydrogens (primary N) is 1. The van der Waals surface area contributed by atoms with Gasteiger partial charge in [0.05, 0.1) is 29.1 Å². The molecule has 5 rings (SSSR count). The topological polar surface area (TPSA) is 116 Å². The first-order valence-electron chi connectivity index (χ1n) is 10.5. The van der Waals surface area contributed by atoms with Gasteiger partial charge in [-0.25, -0.2) is 0 Å². The molecule has 1 amide bonds. The molecule has 1 aromatic carbocycles. The molecule has 3 aliphatic rings. The van der Waals surface area contributed by atoms with Crippen LogP contribution in [0.3, 0.4) is 0 Å². The number of nitrogen functional groups attached to an aromatic ring is 1. The molecule has 1 spiro atoms. The lowest BCUT2D eigenvalue weighted by Crippen LogP contribution is -2.59. The lowest BCUT2D eigenvalue weighted by molar-refractivity contribution is 0.0884. The maximum Gasteiger partial charge on any atom is 0.253 e. The standard InChI is InChI=1S/C22H28N6O2/c1-14-9-15(11-24-10-14)20(29)25-13-26-21-5-2-6-22(21)17-3-4-18(23)19(27-30)16(17)12-28(22)8-7-21/h3-4,9-11,26-27,30H,2,5-8,12-13,23H2,1H3,(H,25,29). The van der Waals surface area contributed by atoms with E-state index in [0.717, 1.165) is 49.9 Å². The predicted molar refractivity (Wildman–Crippen MR) is 114 cm³/mol. The van der Waals surface area contributed by atoms with Gasteiger partial charge in [0, 0.05) is 31.0 Å². The van der Waals surface area contributed by atoms with E-state index in [-0.39, 0.29) is 17.0 Å². The molecule has 8 heteroatoms. The molecule has 2 unspecified atom stereocenters. The van der Waals surface area contributed by atoms with Crippen LogP contribution in [0.25, 0.3) is 0 Å². The number of benzene rings is 1. The number of carbonyl (C=O) groups excluding carboxylic acids is 1. The minimum atomic E-state index is -0.128. The zero-order valence-electron chi connectivity index (χ0n) is 17.2. The number of hydrogen-bond donors (Lipinski definition) is 5. The van der Waals surface area contributed by atoms with Gasteiger partial charge >= 0.3 is 0 Å². The van der Waals surface area contributed by atoms with Crippen LogP contribution >= 0.6 is 0 Å². The van der Waals surface area contributed by atoms with Crippen molar-refractivity contribution in [2.24, 2.45) is 0 Å². The highest BCUT2D eigenvalue weighted by atomic mass is 16.5. The highest BCUT2D eigenvalue weighted by Crippen LogP contribution is 2.61. The number of pyridine rings is 1. The Morgan fingerprint density at radius 1 is 1.30 bits per heavy atom. The summed E-state index contributed by atoms with van der Waals surface area (Å²) in [6.45, 7) is 4.07. The zero-order valence-corrected chi connectivity index (χ0v) is 17.2. The second-order valence-electron chi connectivity index (χ2n) is 8.75. The molecule has 1 saturated carbocycles. The molecular formula is C22H28N6O2. The average Bonchev–Trinajstić information content (AvgIpc) is 3.34. The third kappa shape index (κ3) is 2.57. The molecule has 2 aromatic rings. The first kappa shape index (κ1) is 19.3. The second-order valence-corrected chi connectivity index (χ2v) is 8.75. The number of amides is 1. The van der Waals surface area contributed by atoms with Crippen molar-refractivity contribution < 1.29 is 10.0 Å². The normalized spacial score (nSPS) is 26.9. The Hall–Kier alpha value is -2.68. The number of fused-ring (bicyclic) bond motifs is 1. The summed E-state index contributed by atoms with van der Waals surface area (Å²) >= 11 is 0. The number of nitrogens with zero attached hydrogens (tertiary/aromatic N) is 2. The average molecular weight is 409 g/mol. The van der Waals surface area contributed by atoms with Crippen LogP contribution in [-0.4, -0.2) is 39.8 Å². The molecule has 2 atom stereocenters. The maximum absolute atomic E-state index is 12.6. The first-order valence-corrected chi connectivity index (χ1v) is 10.5. The maximum atomic E-state index is 12.6. The Kier molecular flexibility index (Phi) is 4.46. The summed E-state index contributed by atoms with van der Waals surface area (Å²) < 4.78 is 0. The lowest BCUT2D eigenvalue weighted by atomic mass is 9.75. The van der Waals surface area contributed by atoms with Crippen LogP contribution in [0, 0.1) is 6.92 Å². The Bertz CT molecular complexity index is 1010. The highest BCUT2D eigenvalue weighted by molar-refractivity contribution is 5.93. The van der Waals surface area contributed by atoms with Gasteiger partial charge in [0.2, 0.25) is 0 Å². The van der Waals surface area contributed by atoms with Crippen LogP contribution in [0.15, 0.2) is 30.6 Å². The second kappa shape index (κ2) is 6.94. The van der Waals surface area contributed by atoms with Crippen molar-refractivity contribution >= 4 is 17.3 Å². The van der Waals surface area contributed by atoms with Crippen molar-refractivity contribution in [1.29, 1.82) is 0 Å². The highest BCUT2D eigenvalue weighted by Gasteiger charge is 2.65. The fraction of sp³-hybridized carbons (Fsp3) is 0.455. The third-order valence-corrected chi connectivity index (χ3v) is 7.35. The van der Waals surface area contributed by atoms with Crippen LogP contribution in [0.1, 0.15) is 52.7 Å². The predicted octanol–water partition coefficient (Wildman–Crippen LogP) is 2.09. The summed E-state index contributed by atoms with van der Waals surface area (Å²) in [6, 6.07) is 5.84. The van der Waals surface area contributed by atoms with Crippen LogP contribution in [0.2, 0.25) is 0 Å². The van der Waals surface area contributed by atoms with Gasteiger partial charge in [-0.3, -0.25) is 30.7 Å². The Morgan fingerprint density at radius 2 is 2.17 bits per heavy atom. The summed E-state index contributed by atoms with van der Waals surface area (Å²) in [5, 5.41) is 16.4. The lowest BCUT2D eigenvalue weighted by Gasteiger charge is -2.43. The van der Waals surface area contributed by atoms with Gasteiger partial charge in [0.1, 0.15) is 0 Å². The molecular weight excluding hydrogens is 380 g/mol.